The molecule has 3 N–H and O–H groups in total. The molecule has 0 aromatic carbocycles. The van der Waals surface area contributed by atoms with Crippen molar-refractivity contribution in [3.8, 4) is 11.3 Å². The predicted octanol–water partition coefficient (Wildman–Crippen LogP) is 0.666. The highest BCUT2D eigenvalue weighted by molar-refractivity contribution is 5.76. The fraction of sp³-hybridized carbons (Fsp3) is 0.294. The summed E-state index contributed by atoms with van der Waals surface area (Å²) in [6.45, 7) is 3.69. The number of aryl methyl sites for hydroxylation is 1. The summed E-state index contributed by atoms with van der Waals surface area (Å²) in [5.41, 5.74) is 9.16. The van der Waals surface area contributed by atoms with Gasteiger partial charge in [0.05, 0.1) is 5.69 Å². The number of aromatic nitrogens is 4. The lowest BCUT2D eigenvalue weighted by molar-refractivity contribution is -0.138. The lowest BCUT2D eigenvalue weighted by Gasteiger charge is -2.13. The number of imidazole rings is 1. The molecule has 0 fully saturated rings. The molecule has 8 nitrogen and oxygen atoms in total. The molecular formula is C17H19N5O3. The van der Waals surface area contributed by atoms with Crippen LogP contribution in [0.3, 0.4) is 0 Å². The fourth-order valence-corrected chi connectivity index (χ4v) is 2.76. The predicted molar refractivity (Wildman–Crippen MR) is 92.5 cm³/mol. The van der Waals surface area contributed by atoms with Crippen molar-refractivity contribution in [2.45, 2.75) is 26.3 Å². The number of nitrogens with zero attached hydrogens (tertiary/aromatic N) is 4. The van der Waals surface area contributed by atoms with Crippen LogP contribution >= 0.6 is 0 Å². The van der Waals surface area contributed by atoms with Crippen LogP contribution in [0.15, 0.2) is 29.3 Å². The van der Waals surface area contributed by atoms with Gasteiger partial charge in [-0.05, 0) is 26.0 Å². The van der Waals surface area contributed by atoms with Crippen LogP contribution in [0.4, 0.5) is 0 Å². The maximum atomic E-state index is 12.6. The summed E-state index contributed by atoms with van der Waals surface area (Å²) in [7, 11) is 1.71. The minimum atomic E-state index is -1.07. The first kappa shape index (κ1) is 16.8. The Morgan fingerprint density at radius 2 is 2.08 bits per heavy atom. The van der Waals surface area contributed by atoms with Gasteiger partial charge in [-0.2, -0.15) is 0 Å². The van der Waals surface area contributed by atoms with E-state index in [1.54, 1.807) is 40.5 Å². The van der Waals surface area contributed by atoms with Gasteiger partial charge in [0.1, 0.15) is 17.4 Å². The maximum Gasteiger partial charge on any atom is 0.320 e. The molecule has 3 rings (SSSR count). The number of carbonyl (C=O) groups is 1. The van der Waals surface area contributed by atoms with Gasteiger partial charge in [-0.1, -0.05) is 0 Å². The van der Waals surface area contributed by atoms with Gasteiger partial charge in [0.2, 0.25) is 0 Å². The van der Waals surface area contributed by atoms with Crippen molar-refractivity contribution in [2.75, 3.05) is 0 Å². The second-order valence-corrected chi connectivity index (χ2v) is 6.00. The Kier molecular flexibility index (Phi) is 4.13. The van der Waals surface area contributed by atoms with E-state index < -0.39 is 12.0 Å². The van der Waals surface area contributed by atoms with Crippen LogP contribution in [0.25, 0.3) is 16.9 Å². The minimum absolute atomic E-state index is 0.154. The molecule has 0 radical (unpaired) electrons. The van der Waals surface area contributed by atoms with Crippen LogP contribution in [0, 0.1) is 13.8 Å². The van der Waals surface area contributed by atoms with Gasteiger partial charge in [-0.3, -0.25) is 9.59 Å². The first-order valence-electron chi connectivity index (χ1n) is 7.79. The Hall–Kier alpha value is -3.00. The normalized spacial score (nSPS) is 12.5. The van der Waals surface area contributed by atoms with E-state index in [4.69, 9.17) is 10.8 Å². The topological polar surface area (TPSA) is 116 Å². The van der Waals surface area contributed by atoms with Gasteiger partial charge < -0.3 is 19.8 Å². The van der Waals surface area contributed by atoms with E-state index in [0.29, 0.717) is 22.6 Å². The molecule has 3 aromatic heterocycles. The highest BCUT2D eigenvalue weighted by atomic mass is 16.4. The summed E-state index contributed by atoms with van der Waals surface area (Å²) in [6.07, 6.45) is 3.47. The molecule has 0 aliphatic heterocycles. The van der Waals surface area contributed by atoms with Gasteiger partial charge in [-0.25, -0.2) is 9.97 Å². The number of fused-ring (bicyclic) bond motifs is 1. The third kappa shape index (κ3) is 2.80. The number of aliphatic carboxylic acids is 1. The summed E-state index contributed by atoms with van der Waals surface area (Å²) in [6, 6.07) is 2.48. The van der Waals surface area contributed by atoms with Gasteiger partial charge in [0.15, 0.2) is 0 Å². The zero-order valence-corrected chi connectivity index (χ0v) is 14.2. The molecule has 0 bridgehead atoms. The molecule has 0 spiro atoms. The Balaban J connectivity index is 2.19. The molecule has 1 unspecified atom stereocenters. The standard InChI is InChI=1S/C17H19N5O3/c1-9-10(2)21(3)16(23)14(20-9)12-5-4-11(8-13(18)17(24)25)22-7-6-19-15(12)22/h4-7,13H,8,18H2,1-3H3,(H,24,25). The second kappa shape index (κ2) is 6.14. The van der Waals surface area contributed by atoms with E-state index >= 15 is 0 Å². The minimum Gasteiger partial charge on any atom is -0.480 e. The molecule has 8 heteroatoms. The van der Waals surface area contributed by atoms with Gasteiger partial charge in [0, 0.05) is 42.8 Å². The average Bonchev–Trinajstić information content (AvgIpc) is 3.07. The van der Waals surface area contributed by atoms with Crippen molar-refractivity contribution in [1.29, 1.82) is 0 Å². The van der Waals surface area contributed by atoms with Crippen molar-refractivity contribution in [1.82, 2.24) is 18.9 Å². The highest BCUT2D eigenvalue weighted by Gasteiger charge is 2.18. The monoisotopic (exact) mass is 341 g/mol. The van der Waals surface area contributed by atoms with Crippen molar-refractivity contribution in [3.63, 3.8) is 0 Å². The number of rotatable bonds is 4. The average molecular weight is 341 g/mol. The molecule has 25 heavy (non-hydrogen) atoms. The zero-order valence-electron chi connectivity index (χ0n) is 14.2. The fourth-order valence-electron chi connectivity index (χ4n) is 2.76. The number of carboxylic acids is 1. The number of hydrogen-bond donors (Lipinski definition) is 2. The molecule has 0 aliphatic rings. The van der Waals surface area contributed by atoms with E-state index in [-0.39, 0.29) is 12.0 Å². The largest absolute Gasteiger partial charge is 0.480 e. The zero-order chi connectivity index (χ0) is 18.3. The molecule has 1 atom stereocenters. The molecule has 0 saturated carbocycles. The molecular weight excluding hydrogens is 322 g/mol. The molecule has 3 aromatic rings. The van der Waals surface area contributed by atoms with E-state index in [9.17, 15) is 9.59 Å². The van der Waals surface area contributed by atoms with Crippen LogP contribution in [0.2, 0.25) is 0 Å². The van der Waals surface area contributed by atoms with Crippen molar-refractivity contribution in [3.05, 3.63) is 52.0 Å². The van der Waals surface area contributed by atoms with Crippen molar-refractivity contribution < 1.29 is 9.90 Å². The van der Waals surface area contributed by atoms with Crippen LogP contribution in [-0.2, 0) is 18.3 Å². The second-order valence-electron chi connectivity index (χ2n) is 6.00. The Labute approximate surface area is 143 Å². The molecule has 0 aliphatic carbocycles. The van der Waals surface area contributed by atoms with E-state index in [1.807, 2.05) is 13.8 Å². The SMILES string of the molecule is Cc1nc(-c2ccc(CC(N)C(=O)O)n3ccnc23)c(=O)n(C)c1C. The maximum absolute atomic E-state index is 12.6. The number of carboxylic acid groups (broad SMARTS) is 1. The van der Waals surface area contributed by atoms with Gasteiger partial charge >= 0.3 is 5.97 Å². The third-order valence-electron chi connectivity index (χ3n) is 4.45. The van der Waals surface area contributed by atoms with E-state index in [0.717, 1.165) is 11.4 Å². The van der Waals surface area contributed by atoms with Gasteiger partial charge in [-0.15, -0.1) is 0 Å². The summed E-state index contributed by atoms with van der Waals surface area (Å²) in [5.74, 6) is -1.07. The van der Waals surface area contributed by atoms with Crippen LogP contribution in [0.5, 0.6) is 0 Å². The third-order valence-corrected chi connectivity index (χ3v) is 4.45. The summed E-state index contributed by atoms with van der Waals surface area (Å²) >= 11 is 0. The molecule has 3 heterocycles. The molecule has 0 amide bonds. The van der Waals surface area contributed by atoms with Crippen molar-refractivity contribution >= 4 is 11.6 Å². The Bertz CT molecular complexity index is 1030. The number of hydrogen-bond acceptors (Lipinski definition) is 5. The lowest BCUT2D eigenvalue weighted by Crippen LogP contribution is -2.32. The first-order chi connectivity index (χ1) is 11.8. The van der Waals surface area contributed by atoms with Crippen LogP contribution in [-0.4, -0.2) is 36.1 Å². The molecule has 0 saturated heterocycles. The Morgan fingerprint density at radius 3 is 2.76 bits per heavy atom. The van der Waals surface area contributed by atoms with Crippen molar-refractivity contribution in [2.24, 2.45) is 12.8 Å². The number of nitrogens with two attached hydrogens (primary N) is 1. The summed E-state index contributed by atoms with van der Waals surface area (Å²) in [5, 5.41) is 9.02. The quantitative estimate of drug-likeness (QED) is 0.720. The van der Waals surface area contributed by atoms with E-state index in [2.05, 4.69) is 9.97 Å². The van der Waals surface area contributed by atoms with E-state index in [1.165, 1.54) is 0 Å². The first-order valence-corrected chi connectivity index (χ1v) is 7.79. The summed E-state index contributed by atoms with van der Waals surface area (Å²) < 4.78 is 3.31. The lowest BCUT2D eigenvalue weighted by atomic mass is 10.1. The van der Waals surface area contributed by atoms with Crippen LogP contribution < -0.4 is 11.3 Å². The number of pyridine rings is 1. The molecule has 130 valence electrons. The highest BCUT2D eigenvalue weighted by Crippen LogP contribution is 2.22. The summed E-state index contributed by atoms with van der Waals surface area (Å²) in [4.78, 5) is 32.4. The van der Waals surface area contributed by atoms with Crippen LogP contribution in [0.1, 0.15) is 17.1 Å². The Morgan fingerprint density at radius 1 is 1.36 bits per heavy atom. The smallest absolute Gasteiger partial charge is 0.320 e. The van der Waals surface area contributed by atoms with Gasteiger partial charge in [0.25, 0.3) is 5.56 Å².